The zero-order chi connectivity index (χ0) is 12.1. The lowest BCUT2D eigenvalue weighted by atomic mass is 9.83. The SMILES string of the molecule is NCC1CCCCC1N1CCCC1CCCO. The van der Waals surface area contributed by atoms with Crippen LogP contribution in [0.5, 0.6) is 0 Å². The minimum Gasteiger partial charge on any atom is -0.396 e. The van der Waals surface area contributed by atoms with Crippen molar-refractivity contribution in [2.75, 3.05) is 19.7 Å². The average Bonchev–Trinajstić information content (AvgIpc) is 2.84. The maximum Gasteiger partial charge on any atom is 0.0431 e. The molecule has 1 saturated carbocycles. The largest absolute Gasteiger partial charge is 0.396 e. The quantitative estimate of drug-likeness (QED) is 0.769. The highest BCUT2D eigenvalue weighted by molar-refractivity contribution is 4.90. The van der Waals surface area contributed by atoms with Crippen LogP contribution >= 0.6 is 0 Å². The van der Waals surface area contributed by atoms with E-state index in [1.165, 1.54) is 51.5 Å². The third-order valence-corrected chi connectivity index (χ3v) is 4.72. The van der Waals surface area contributed by atoms with Gasteiger partial charge in [-0.1, -0.05) is 12.8 Å². The maximum atomic E-state index is 8.98. The number of hydrogen-bond donors (Lipinski definition) is 2. The summed E-state index contributed by atoms with van der Waals surface area (Å²) in [4.78, 5) is 2.73. The van der Waals surface area contributed by atoms with E-state index in [1.807, 2.05) is 0 Å². The van der Waals surface area contributed by atoms with Gasteiger partial charge in [-0.05, 0) is 57.5 Å². The van der Waals surface area contributed by atoms with E-state index >= 15 is 0 Å². The third-order valence-electron chi connectivity index (χ3n) is 4.72. The molecule has 0 amide bonds. The van der Waals surface area contributed by atoms with Gasteiger partial charge >= 0.3 is 0 Å². The van der Waals surface area contributed by atoms with Crippen LogP contribution < -0.4 is 5.73 Å². The summed E-state index contributed by atoms with van der Waals surface area (Å²) in [5.41, 5.74) is 5.94. The number of nitrogens with two attached hydrogens (primary N) is 1. The van der Waals surface area contributed by atoms with E-state index in [1.54, 1.807) is 0 Å². The van der Waals surface area contributed by atoms with Gasteiger partial charge in [0.1, 0.15) is 0 Å². The molecule has 0 aromatic carbocycles. The van der Waals surface area contributed by atoms with Crippen molar-refractivity contribution >= 4 is 0 Å². The number of aliphatic hydroxyl groups is 1. The zero-order valence-electron chi connectivity index (χ0n) is 11.0. The highest BCUT2D eigenvalue weighted by Crippen LogP contribution is 2.33. The first-order chi connectivity index (χ1) is 8.36. The fourth-order valence-corrected chi connectivity index (χ4v) is 3.83. The van der Waals surface area contributed by atoms with Gasteiger partial charge in [-0.15, -0.1) is 0 Å². The molecule has 1 heterocycles. The first-order valence-electron chi connectivity index (χ1n) is 7.43. The van der Waals surface area contributed by atoms with Gasteiger partial charge in [-0.25, -0.2) is 0 Å². The number of nitrogens with zero attached hydrogens (tertiary/aromatic N) is 1. The second-order valence-corrected chi connectivity index (χ2v) is 5.75. The number of rotatable bonds is 5. The van der Waals surface area contributed by atoms with Crippen LogP contribution in [0, 0.1) is 5.92 Å². The summed E-state index contributed by atoms with van der Waals surface area (Å²) in [5, 5.41) is 8.98. The maximum absolute atomic E-state index is 8.98. The second-order valence-electron chi connectivity index (χ2n) is 5.75. The van der Waals surface area contributed by atoms with Crippen molar-refractivity contribution in [2.24, 2.45) is 11.7 Å². The Balaban J connectivity index is 1.93. The van der Waals surface area contributed by atoms with Crippen molar-refractivity contribution in [2.45, 2.75) is 63.5 Å². The second kappa shape index (κ2) is 6.72. The Labute approximate surface area is 105 Å². The normalized spacial score (nSPS) is 35.3. The van der Waals surface area contributed by atoms with Crippen LogP contribution in [0.15, 0.2) is 0 Å². The Morgan fingerprint density at radius 3 is 2.71 bits per heavy atom. The standard InChI is InChI=1S/C14H28N2O/c15-11-12-5-1-2-8-14(12)16-9-3-6-13(16)7-4-10-17/h12-14,17H,1-11,15H2. The molecule has 3 atom stereocenters. The molecule has 0 aromatic rings. The van der Waals surface area contributed by atoms with Gasteiger partial charge in [0.25, 0.3) is 0 Å². The molecule has 17 heavy (non-hydrogen) atoms. The van der Waals surface area contributed by atoms with Gasteiger partial charge in [0, 0.05) is 18.7 Å². The molecule has 3 N–H and O–H groups in total. The van der Waals surface area contributed by atoms with E-state index in [0.29, 0.717) is 6.61 Å². The molecule has 1 aliphatic heterocycles. The molecule has 0 aromatic heterocycles. The molecule has 1 aliphatic carbocycles. The summed E-state index contributed by atoms with van der Waals surface area (Å²) >= 11 is 0. The fraction of sp³-hybridized carbons (Fsp3) is 1.00. The number of hydrogen-bond acceptors (Lipinski definition) is 3. The molecular weight excluding hydrogens is 212 g/mol. The van der Waals surface area contributed by atoms with Gasteiger partial charge in [0.2, 0.25) is 0 Å². The van der Waals surface area contributed by atoms with E-state index in [2.05, 4.69) is 4.90 Å². The Hall–Kier alpha value is -0.120. The Kier molecular flexibility index (Phi) is 5.26. The molecule has 2 aliphatic rings. The highest BCUT2D eigenvalue weighted by atomic mass is 16.2. The minimum absolute atomic E-state index is 0.343. The Morgan fingerprint density at radius 2 is 1.94 bits per heavy atom. The summed E-state index contributed by atoms with van der Waals surface area (Å²) in [6.45, 7) is 2.46. The van der Waals surface area contributed by atoms with Crippen molar-refractivity contribution in [1.29, 1.82) is 0 Å². The van der Waals surface area contributed by atoms with Crippen LogP contribution in [0.2, 0.25) is 0 Å². The van der Waals surface area contributed by atoms with Crippen LogP contribution in [0.25, 0.3) is 0 Å². The first kappa shape index (κ1) is 13.3. The van der Waals surface area contributed by atoms with Crippen molar-refractivity contribution in [3.8, 4) is 0 Å². The van der Waals surface area contributed by atoms with Gasteiger partial charge in [0.15, 0.2) is 0 Å². The lowest BCUT2D eigenvalue weighted by molar-refractivity contribution is 0.0881. The molecule has 0 radical (unpaired) electrons. The highest BCUT2D eigenvalue weighted by Gasteiger charge is 2.35. The van der Waals surface area contributed by atoms with E-state index in [9.17, 15) is 0 Å². The summed E-state index contributed by atoms with van der Waals surface area (Å²) in [6.07, 6.45) is 10.2. The summed E-state index contributed by atoms with van der Waals surface area (Å²) < 4.78 is 0. The van der Waals surface area contributed by atoms with Crippen molar-refractivity contribution in [3.63, 3.8) is 0 Å². The van der Waals surface area contributed by atoms with Crippen molar-refractivity contribution in [1.82, 2.24) is 4.90 Å². The van der Waals surface area contributed by atoms with Gasteiger partial charge in [-0.2, -0.15) is 0 Å². The summed E-state index contributed by atoms with van der Waals surface area (Å²) in [7, 11) is 0. The van der Waals surface area contributed by atoms with Crippen molar-refractivity contribution < 1.29 is 5.11 Å². The van der Waals surface area contributed by atoms with Crippen LogP contribution in [-0.4, -0.2) is 41.8 Å². The van der Waals surface area contributed by atoms with Crippen LogP contribution in [0.4, 0.5) is 0 Å². The molecule has 2 rings (SSSR count). The van der Waals surface area contributed by atoms with Crippen LogP contribution in [-0.2, 0) is 0 Å². The summed E-state index contributed by atoms with van der Waals surface area (Å²) in [6, 6.07) is 1.46. The topological polar surface area (TPSA) is 49.5 Å². The van der Waals surface area contributed by atoms with Crippen LogP contribution in [0.3, 0.4) is 0 Å². The van der Waals surface area contributed by atoms with Crippen molar-refractivity contribution in [3.05, 3.63) is 0 Å². The van der Waals surface area contributed by atoms with E-state index in [0.717, 1.165) is 31.0 Å². The predicted molar refractivity (Wildman–Crippen MR) is 70.8 cm³/mol. The molecule has 0 spiro atoms. The molecule has 3 heteroatoms. The monoisotopic (exact) mass is 240 g/mol. The van der Waals surface area contributed by atoms with Gasteiger partial charge in [-0.3, -0.25) is 4.90 Å². The fourth-order valence-electron chi connectivity index (χ4n) is 3.83. The zero-order valence-corrected chi connectivity index (χ0v) is 11.0. The lowest BCUT2D eigenvalue weighted by Crippen LogP contribution is -2.47. The molecular formula is C14H28N2O. The van der Waals surface area contributed by atoms with E-state index in [-0.39, 0.29) is 0 Å². The molecule has 3 unspecified atom stereocenters. The Bertz CT molecular complexity index is 222. The molecule has 0 bridgehead atoms. The summed E-state index contributed by atoms with van der Waals surface area (Å²) in [5.74, 6) is 0.721. The smallest absolute Gasteiger partial charge is 0.0431 e. The molecule has 3 nitrogen and oxygen atoms in total. The van der Waals surface area contributed by atoms with E-state index in [4.69, 9.17) is 10.8 Å². The molecule has 1 saturated heterocycles. The molecule has 100 valence electrons. The predicted octanol–water partition coefficient (Wildman–Crippen LogP) is 1.74. The van der Waals surface area contributed by atoms with Gasteiger partial charge in [0.05, 0.1) is 0 Å². The number of likely N-dealkylation sites (tertiary alicyclic amines) is 1. The van der Waals surface area contributed by atoms with Crippen LogP contribution in [0.1, 0.15) is 51.4 Å². The third kappa shape index (κ3) is 3.21. The molecule has 2 fully saturated rings. The Morgan fingerprint density at radius 1 is 1.12 bits per heavy atom. The number of aliphatic hydroxyl groups excluding tert-OH is 1. The van der Waals surface area contributed by atoms with E-state index < -0.39 is 0 Å². The first-order valence-corrected chi connectivity index (χ1v) is 7.43. The van der Waals surface area contributed by atoms with Gasteiger partial charge < -0.3 is 10.8 Å². The average molecular weight is 240 g/mol. The lowest BCUT2D eigenvalue weighted by Gasteiger charge is -2.40. The minimum atomic E-state index is 0.343.